The summed E-state index contributed by atoms with van der Waals surface area (Å²) < 4.78 is 13.4. The molecule has 0 aliphatic carbocycles. The number of imidazole rings is 1. The van der Waals surface area contributed by atoms with E-state index < -0.39 is 11.9 Å². The van der Waals surface area contributed by atoms with Crippen LogP contribution in [0.15, 0.2) is 36.9 Å². The highest BCUT2D eigenvalue weighted by atomic mass is 35.5. The SMILES string of the molecule is CC(C)(C)c1cc(Cl)ccc1OCCOCCn1ccnc1.O=C(O)C(=O)O. The van der Waals surface area contributed by atoms with Crippen molar-refractivity contribution >= 4 is 23.5 Å². The van der Waals surface area contributed by atoms with Crippen LogP contribution in [-0.2, 0) is 26.3 Å². The molecule has 0 amide bonds. The molecule has 2 rings (SSSR count). The molecule has 2 aromatic rings. The number of aliphatic carboxylic acids is 2. The van der Waals surface area contributed by atoms with Crippen molar-refractivity contribution in [1.29, 1.82) is 0 Å². The van der Waals surface area contributed by atoms with E-state index in [9.17, 15) is 0 Å². The van der Waals surface area contributed by atoms with Gasteiger partial charge in [-0.15, -0.1) is 0 Å². The van der Waals surface area contributed by atoms with Gasteiger partial charge in [0.2, 0.25) is 0 Å². The van der Waals surface area contributed by atoms with E-state index in [0.29, 0.717) is 19.8 Å². The first kappa shape index (κ1) is 23.5. The van der Waals surface area contributed by atoms with E-state index >= 15 is 0 Å². The smallest absolute Gasteiger partial charge is 0.414 e. The monoisotopic (exact) mass is 412 g/mol. The van der Waals surface area contributed by atoms with Gasteiger partial charge in [0, 0.05) is 29.5 Å². The molecule has 0 saturated carbocycles. The number of nitrogens with zero attached hydrogens (tertiary/aromatic N) is 2. The molecule has 0 bridgehead atoms. The summed E-state index contributed by atoms with van der Waals surface area (Å²) in [5.41, 5.74) is 1.10. The van der Waals surface area contributed by atoms with Gasteiger partial charge in [0.1, 0.15) is 12.4 Å². The highest BCUT2D eigenvalue weighted by Gasteiger charge is 2.19. The molecular formula is C19H25ClN2O6. The lowest BCUT2D eigenvalue weighted by Gasteiger charge is -2.23. The maximum Gasteiger partial charge on any atom is 0.414 e. The Morgan fingerprint density at radius 3 is 2.36 bits per heavy atom. The third-order valence-corrected chi connectivity index (χ3v) is 3.71. The summed E-state index contributed by atoms with van der Waals surface area (Å²) in [7, 11) is 0. The number of aromatic nitrogens is 2. The number of rotatable bonds is 7. The van der Waals surface area contributed by atoms with E-state index in [1.807, 2.05) is 29.0 Å². The van der Waals surface area contributed by atoms with Crippen LogP contribution in [0.2, 0.25) is 5.02 Å². The molecule has 9 heteroatoms. The minimum Gasteiger partial charge on any atom is -0.491 e. The summed E-state index contributed by atoms with van der Waals surface area (Å²) in [6, 6.07) is 5.75. The number of carboxylic acids is 2. The quantitative estimate of drug-likeness (QED) is 0.531. The van der Waals surface area contributed by atoms with Gasteiger partial charge in [-0.1, -0.05) is 32.4 Å². The third-order valence-electron chi connectivity index (χ3n) is 3.47. The van der Waals surface area contributed by atoms with Crippen molar-refractivity contribution in [3.05, 3.63) is 47.5 Å². The highest BCUT2D eigenvalue weighted by molar-refractivity contribution is 6.30. The zero-order valence-corrected chi connectivity index (χ0v) is 16.8. The third kappa shape index (κ3) is 8.88. The van der Waals surface area contributed by atoms with Crippen molar-refractivity contribution in [3.63, 3.8) is 0 Å². The molecule has 28 heavy (non-hydrogen) atoms. The topological polar surface area (TPSA) is 111 Å². The number of carboxylic acid groups (broad SMARTS) is 2. The normalized spacial score (nSPS) is 10.7. The molecule has 0 spiro atoms. The van der Waals surface area contributed by atoms with E-state index in [4.69, 9.17) is 40.9 Å². The van der Waals surface area contributed by atoms with Crippen molar-refractivity contribution in [2.45, 2.75) is 32.7 Å². The molecule has 0 fully saturated rings. The molecule has 8 nitrogen and oxygen atoms in total. The Morgan fingerprint density at radius 1 is 1.14 bits per heavy atom. The summed E-state index contributed by atoms with van der Waals surface area (Å²) in [5.74, 6) is -2.78. The predicted octanol–water partition coefficient (Wildman–Crippen LogP) is 3.09. The van der Waals surface area contributed by atoms with Gasteiger partial charge in [0.15, 0.2) is 0 Å². The van der Waals surface area contributed by atoms with Crippen molar-refractivity contribution in [3.8, 4) is 5.75 Å². The van der Waals surface area contributed by atoms with E-state index in [0.717, 1.165) is 22.9 Å². The molecule has 1 aromatic carbocycles. The summed E-state index contributed by atoms with van der Waals surface area (Å²) in [6.45, 7) is 8.96. The van der Waals surface area contributed by atoms with Crippen molar-refractivity contribution in [2.75, 3.05) is 19.8 Å². The van der Waals surface area contributed by atoms with Crippen LogP contribution in [0.4, 0.5) is 0 Å². The second-order valence-corrected chi connectivity index (χ2v) is 7.20. The Balaban J connectivity index is 0.000000568. The van der Waals surface area contributed by atoms with Crippen LogP contribution >= 0.6 is 11.6 Å². The highest BCUT2D eigenvalue weighted by Crippen LogP contribution is 2.33. The molecule has 0 saturated heterocycles. The summed E-state index contributed by atoms with van der Waals surface area (Å²) in [4.78, 5) is 22.2. The first-order valence-corrected chi connectivity index (χ1v) is 8.91. The molecule has 0 atom stereocenters. The van der Waals surface area contributed by atoms with Crippen LogP contribution in [0.5, 0.6) is 5.75 Å². The van der Waals surface area contributed by atoms with Crippen LogP contribution in [-0.4, -0.2) is 51.5 Å². The fourth-order valence-electron chi connectivity index (χ4n) is 2.12. The minimum atomic E-state index is -1.82. The average molecular weight is 413 g/mol. The number of hydrogen-bond donors (Lipinski definition) is 2. The molecule has 0 radical (unpaired) electrons. The molecule has 0 unspecified atom stereocenters. The zero-order valence-electron chi connectivity index (χ0n) is 16.1. The van der Waals surface area contributed by atoms with Crippen LogP contribution < -0.4 is 4.74 Å². The van der Waals surface area contributed by atoms with Crippen LogP contribution in [0.1, 0.15) is 26.3 Å². The van der Waals surface area contributed by atoms with Gasteiger partial charge in [0.05, 0.1) is 19.5 Å². The first-order chi connectivity index (χ1) is 13.1. The second kappa shape index (κ2) is 11.3. The molecule has 154 valence electrons. The van der Waals surface area contributed by atoms with Gasteiger partial charge in [-0.05, 0) is 23.6 Å². The Kier molecular flexibility index (Phi) is 9.47. The average Bonchev–Trinajstić information content (AvgIpc) is 3.12. The zero-order chi connectivity index (χ0) is 21.2. The van der Waals surface area contributed by atoms with Crippen molar-refractivity contribution < 1.29 is 29.3 Å². The van der Waals surface area contributed by atoms with Gasteiger partial charge >= 0.3 is 11.9 Å². The maximum absolute atomic E-state index is 9.10. The molecule has 1 aromatic heterocycles. The lowest BCUT2D eigenvalue weighted by Crippen LogP contribution is -2.16. The Bertz CT molecular complexity index is 744. The molecule has 0 aliphatic rings. The number of carbonyl (C=O) groups is 2. The fourth-order valence-corrected chi connectivity index (χ4v) is 2.29. The molecule has 0 aliphatic heterocycles. The van der Waals surface area contributed by atoms with E-state index in [1.54, 1.807) is 12.5 Å². The summed E-state index contributed by atoms with van der Waals surface area (Å²) in [6.07, 6.45) is 5.46. The van der Waals surface area contributed by atoms with Crippen molar-refractivity contribution in [1.82, 2.24) is 9.55 Å². The molecule has 2 N–H and O–H groups in total. The number of halogens is 1. The molecular weight excluding hydrogens is 388 g/mol. The second-order valence-electron chi connectivity index (χ2n) is 6.76. The van der Waals surface area contributed by atoms with Crippen molar-refractivity contribution in [2.24, 2.45) is 0 Å². The summed E-state index contributed by atoms with van der Waals surface area (Å²) >= 11 is 6.09. The van der Waals surface area contributed by atoms with Crippen LogP contribution in [0, 0.1) is 0 Å². The van der Waals surface area contributed by atoms with Gasteiger partial charge in [-0.3, -0.25) is 0 Å². The first-order valence-electron chi connectivity index (χ1n) is 8.53. The van der Waals surface area contributed by atoms with E-state index in [1.165, 1.54) is 0 Å². The Labute approximate surface area is 168 Å². The number of hydrogen-bond acceptors (Lipinski definition) is 5. The standard InChI is InChI=1S/C17H23ClN2O2.C2H2O4/c1-17(2,3)15-12-14(18)4-5-16(15)22-11-10-21-9-8-20-7-6-19-13-20;3-1(4)2(5)6/h4-7,12-13H,8-11H2,1-3H3;(H,3,4)(H,5,6). The van der Waals surface area contributed by atoms with Gasteiger partial charge in [-0.2, -0.15) is 0 Å². The molecule has 1 heterocycles. The largest absolute Gasteiger partial charge is 0.491 e. The lowest BCUT2D eigenvalue weighted by atomic mass is 9.86. The lowest BCUT2D eigenvalue weighted by molar-refractivity contribution is -0.159. The summed E-state index contributed by atoms with van der Waals surface area (Å²) in [5, 5.41) is 15.5. The number of ether oxygens (including phenoxy) is 2. The van der Waals surface area contributed by atoms with Gasteiger partial charge < -0.3 is 24.3 Å². The van der Waals surface area contributed by atoms with E-state index in [-0.39, 0.29) is 5.41 Å². The van der Waals surface area contributed by atoms with E-state index in [2.05, 4.69) is 25.8 Å². The minimum absolute atomic E-state index is 0.0114. The Hall–Kier alpha value is -2.58. The predicted molar refractivity (Wildman–Crippen MR) is 104 cm³/mol. The Morgan fingerprint density at radius 2 is 1.82 bits per heavy atom. The van der Waals surface area contributed by atoms with Gasteiger partial charge in [-0.25, -0.2) is 14.6 Å². The fraction of sp³-hybridized carbons (Fsp3) is 0.421. The van der Waals surface area contributed by atoms with Crippen LogP contribution in [0.25, 0.3) is 0 Å². The maximum atomic E-state index is 9.10. The number of benzene rings is 1. The van der Waals surface area contributed by atoms with Gasteiger partial charge in [0.25, 0.3) is 0 Å². The van der Waals surface area contributed by atoms with Crippen LogP contribution in [0.3, 0.4) is 0 Å².